The smallest absolute Gasteiger partial charge is 0.309 e. The Kier molecular flexibility index (Phi) is 5.55. The summed E-state index contributed by atoms with van der Waals surface area (Å²) in [5.74, 6) is -1.60. The fraction of sp³-hybridized carbons (Fsp3) is 0.765. The number of carbonyl (C=O) groups excluding carboxylic acids is 4. The summed E-state index contributed by atoms with van der Waals surface area (Å²) in [7, 11) is 0. The van der Waals surface area contributed by atoms with Gasteiger partial charge >= 0.3 is 17.9 Å². The molecule has 3 aliphatic carbocycles. The summed E-state index contributed by atoms with van der Waals surface area (Å²) in [6, 6.07) is 0. The number of rotatable bonds is 11. The maximum absolute atomic E-state index is 12.0. The Hall–Kier alpha value is -2.12. The third-order valence-corrected chi connectivity index (χ3v) is 4.40. The molecule has 0 spiro atoms. The van der Waals surface area contributed by atoms with Crippen molar-refractivity contribution in [2.45, 2.75) is 50.7 Å². The van der Waals surface area contributed by atoms with Crippen LogP contribution in [-0.2, 0) is 38.1 Å². The first kappa shape index (κ1) is 17.7. The lowest BCUT2D eigenvalue weighted by Gasteiger charge is -2.26. The van der Waals surface area contributed by atoms with E-state index in [4.69, 9.17) is 18.9 Å². The van der Waals surface area contributed by atoms with Gasteiger partial charge in [-0.2, -0.15) is 0 Å². The lowest BCUT2D eigenvalue weighted by molar-refractivity contribution is -0.182. The van der Waals surface area contributed by atoms with Crippen molar-refractivity contribution in [2.24, 2.45) is 17.8 Å². The maximum atomic E-state index is 12.0. The number of hydrogen-bond acceptors (Lipinski definition) is 8. The predicted octanol–water partition coefficient (Wildman–Crippen LogP) is 0.756. The summed E-state index contributed by atoms with van der Waals surface area (Å²) >= 11 is 0. The molecular weight excluding hydrogens is 332 g/mol. The average molecular weight is 354 g/mol. The Balaban J connectivity index is 1.61. The molecule has 2 unspecified atom stereocenters. The molecule has 0 saturated heterocycles. The SMILES string of the molecule is O=COCC(OC(=O)C1CC1)C(COC(=O)C1CC1)OC(=O)C1CC1. The van der Waals surface area contributed by atoms with E-state index in [0.717, 1.165) is 38.5 Å². The van der Waals surface area contributed by atoms with Crippen LogP contribution in [0.4, 0.5) is 0 Å². The zero-order valence-corrected chi connectivity index (χ0v) is 13.9. The van der Waals surface area contributed by atoms with Gasteiger partial charge in [0.05, 0.1) is 17.8 Å². The summed E-state index contributed by atoms with van der Waals surface area (Å²) < 4.78 is 20.7. The molecule has 0 heterocycles. The van der Waals surface area contributed by atoms with Crippen LogP contribution in [0.25, 0.3) is 0 Å². The van der Waals surface area contributed by atoms with Gasteiger partial charge in [0.2, 0.25) is 0 Å². The van der Waals surface area contributed by atoms with Crippen LogP contribution in [-0.4, -0.2) is 49.8 Å². The van der Waals surface area contributed by atoms with Gasteiger partial charge in [-0.1, -0.05) is 0 Å². The van der Waals surface area contributed by atoms with Gasteiger partial charge in [-0.05, 0) is 38.5 Å². The van der Waals surface area contributed by atoms with Crippen LogP contribution in [0.1, 0.15) is 38.5 Å². The van der Waals surface area contributed by atoms with E-state index in [2.05, 4.69) is 0 Å². The van der Waals surface area contributed by atoms with Crippen molar-refractivity contribution in [2.75, 3.05) is 13.2 Å². The van der Waals surface area contributed by atoms with Crippen LogP contribution in [0.15, 0.2) is 0 Å². The third kappa shape index (κ3) is 5.44. The van der Waals surface area contributed by atoms with E-state index < -0.39 is 24.1 Å². The number of hydrogen-bond donors (Lipinski definition) is 0. The first-order chi connectivity index (χ1) is 12.1. The van der Waals surface area contributed by atoms with E-state index >= 15 is 0 Å². The highest BCUT2D eigenvalue weighted by Crippen LogP contribution is 2.33. The molecule has 0 amide bonds. The first-order valence-corrected chi connectivity index (χ1v) is 8.71. The summed E-state index contributed by atoms with van der Waals surface area (Å²) in [6.45, 7) is -0.252. The minimum absolute atomic E-state index is 0.0986. The minimum atomic E-state index is -0.993. The molecule has 0 bridgehead atoms. The van der Waals surface area contributed by atoms with Crippen LogP contribution in [0.5, 0.6) is 0 Å². The molecule has 3 rings (SSSR count). The minimum Gasteiger partial charge on any atom is -0.464 e. The summed E-state index contributed by atoms with van der Waals surface area (Å²) in [4.78, 5) is 46.2. The first-order valence-electron chi connectivity index (χ1n) is 8.71. The van der Waals surface area contributed by atoms with Gasteiger partial charge in [0.15, 0.2) is 12.2 Å². The quantitative estimate of drug-likeness (QED) is 0.304. The molecule has 2 atom stereocenters. The van der Waals surface area contributed by atoms with Crippen LogP contribution < -0.4 is 0 Å². The molecule has 0 N–H and O–H groups in total. The molecule has 0 aromatic heterocycles. The van der Waals surface area contributed by atoms with Gasteiger partial charge in [-0.15, -0.1) is 0 Å². The zero-order valence-electron chi connectivity index (χ0n) is 13.9. The van der Waals surface area contributed by atoms with Crippen molar-refractivity contribution in [3.05, 3.63) is 0 Å². The van der Waals surface area contributed by atoms with Crippen molar-refractivity contribution in [3.8, 4) is 0 Å². The van der Waals surface area contributed by atoms with E-state index in [9.17, 15) is 19.2 Å². The lowest BCUT2D eigenvalue weighted by Crippen LogP contribution is -2.42. The van der Waals surface area contributed by atoms with E-state index in [1.54, 1.807) is 0 Å². The van der Waals surface area contributed by atoms with E-state index in [-0.39, 0.29) is 43.4 Å². The Morgan fingerprint density at radius 3 is 1.64 bits per heavy atom. The predicted molar refractivity (Wildman–Crippen MR) is 80.9 cm³/mol. The van der Waals surface area contributed by atoms with Crippen LogP contribution in [0.2, 0.25) is 0 Å². The van der Waals surface area contributed by atoms with Crippen molar-refractivity contribution >= 4 is 24.4 Å². The molecule has 0 aliphatic heterocycles. The normalized spacial score (nSPS) is 21.6. The van der Waals surface area contributed by atoms with Crippen molar-refractivity contribution in [1.82, 2.24) is 0 Å². The van der Waals surface area contributed by atoms with Crippen LogP contribution in [0.3, 0.4) is 0 Å². The van der Waals surface area contributed by atoms with Gasteiger partial charge in [-0.3, -0.25) is 19.2 Å². The molecular formula is C17H22O8. The summed E-state index contributed by atoms with van der Waals surface area (Å²) in [5, 5.41) is 0. The monoisotopic (exact) mass is 354 g/mol. The Bertz CT molecular complexity index is 533. The maximum Gasteiger partial charge on any atom is 0.309 e. The highest BCUT2D eigenvalue weighted by molar-refractivity contribution is 5.76. The fourth-order valence-corrected chi connectivity index (χ4v) is 2.30. The van der Waals surface area contributed by atoms with Crippen molar-refractivity contribution in [1.29, 1.82) is 0 Å². The number of ether oxygens (including phenoxy) is 4. The van der Waals surface area contributed by atoms with Gasteiger partial charge in [0.25, 0.3) is 6.47 Å². The number of carbonyl (C=O) groups is 4. The highest BCUT2D eigenvalue weighted by atomic mass is 16.6. The number of esters is 3. The molecule has 25 heavy (non-hydrogen) atoms. The fourth-order valence-electron chi connectivity index (χ4n) is 2.30. The standard InChI is InChI=1S/C17H22O8/c18-9-22-7-13(24-16(20)11-3-4-11)14(25-17(21)12-5-6-12)8-23-15(19)10-1-2-10/h9-14H,1-8H2. The largest absolute Gasteiger partial charge is 0.464 e. The Morgan fingerprint density at radius 1 is 0.760 bits per heavy atom. The Labute approximate surface area is 145 Å². The van der Waals surface area contributed by atoms with E-state index in [0.29, 0.717) is 0 Å². The van der Waals surface area contributed by atoms with E-state index in [1.165, 1.54) is 0 Å². The average Bonchev–Trinajstić information content (AvgIpc) is 3.45. The van der Waals surface area contributed by atoms with Gasteiger partial charge in [0, 0.05) is 0 Å². The van der Waals surface area contributed by atoms with Gasteiger partial charge < -0.3 is 18.9 Å². The van der Waals surface area contributed by atoms with Crippen molar-refractivity contribution < 1.29 is 38.1 Å². The summed E-state index contributed by atoms with van der Waals surface area (Å²) in [5.41, 5.74) is 0. The second-order valence-electron chi connectivity index (χ2n) is 6.83. The van der Waals surface area contributed by atoms with Crippen LogP contribution in [0, 0.1) is 17.8 Å². The molecule has 0 aromatic carbocycles. The molecule has 0 aromatic rings. The zero-order chi connectivity index (χ0) is 17.8. The second kappa shape index (κ2) is 7.84. The van der Waals surface area contributed by atoms with Crippen LogP contribution >= 0.6 is 0 Å². The molecule has 3 fully saturated rings. The van der Waals surface area contributed by atoms with Gasteiger partial charge in [0.1, 0.15) is 13.2 Å². The molecule has 3 saturated carbocycles. The molecule has 0 radical (unpaired) electrons. The molecule has 8 nitrogen and oxygen atoms in total. The third-order valence-electron chi connectivity index (χ3n) is 4.40. The molecule has 138 valence electrons. The highest BCUT2D eigenvalue weighted by Gasteiger charge is 2.40. The topological polar surface area (TPSA) is 105 Å². The Morgan fingerprint density at radius 2 is 1.20 bits per heavy atom. The van der Waals surface area contributed by atoms with Crippen molar-refractivity contribution in [3.63, 3.8) is 0 Å². The molecule has 3 aliphatic rings. The van der Waals surface area contributed by atoms with E-state index in [1.807, 2.05) is 0 Å². The second-order valence-corrected chi connectivity index (χ2v) is 6.83. The summed E-state index contributed by atoms with van der Waals surface area (Å²) in [6.07, 6.45) is 2.62. The lowest BCUT2D eigenvalue weighted by atomic mass is 10.2. The van der Waals surface area contributed by atoms with Gasteiger partial charge in [-0.25, -0.2) is 0 Å². The molecule has 8 heteroatoms.